The van der Waals surface area contributed by atoms with Crippen molar-refractivity contribution >= 4 is 10.8 Å². The van der Waals surface area contributed by atoms with E-state index in [2.05, 4.69) is 43.0 Å². The van der Waals surface area contributed by atoms with Crippen molar-refractivity contribution in [2.45, 2.75) is 19.4 Å². The molecule has 2 N–H and O–H groups in total. The Hall–Kier alpha value is -3.23. The van der Waals surface area contributed by atoms with Gasteiger partial charge in [0, 0.05) is 12.1 Å². The lowest BCUT2D eigenvalue weighted by Crippen LogP contribution is -1.95. The number of hydrogen-bond donors (Lipinski definition) is 1. The second-order valence-corrected chi connectivity index (χ2v) is 7.32. The molecule has 0 aliphatic rings. The summed E-state index contributed by atoms with van der Waals surface area (Å²) in [6, 6.07) is 26.0. The molecule has 0 aromatic heterocycles. The first-order valence-corrected chi connectivity index (χ1v) is 9.91. The molecular formula is C27H24FN. The van der Waals surface area contributed by atoms with Crippen molar-refractivity contribution in [3.63, 3.8) is 0 Å². The third-order valence-corrected chi connectivity index (χ3v) is 5.34. The molecule has 0 bridgehead atoms. The Morgan fingerprint density at radius 2 is 1.34 bits per heavy atom. The van der Waals surface area contributed by atoms with Gasteiger partial charge in [0.2, 0.25) is 0 Å². The molecule has 0 fully saturated rings. The number of rotatable bonds is 6. The molecule has 0 atom stereocenters. The van der Waals surface area contributed by atoms with Crippen molar-refractivity contribution < 1.29 is 4.39 Å². The highest BCUT2D eigenvalue weighted by Crippen LogP contribution is 2.30. The average Bonchev–Trinajstić information content (AvgIpc) is 2.77. The van der Waals surface area contributed by atoms with Crippen LogP contribution in [0.25, 0.3) is 33.0 Å². The molecular weight excluding hydrogens is 357 g/mol. The minimum Gasteiger partial charge on any atom is -0.326 e. The smallest absolute Gasteiger partial charge is 0.131 e. The number of fused-ring (bicyclic) bond motifs is 1. The van der Waals surface area contributed by atoms with Crippen molar-refractivity contribution in [2.75, 3.05) is 0 Å². The molecule has 4 aromatic carbocycles. The van der Waals surface area contributed by atoms with Gasteiger partial charge in [-0.05, 0) is 63.6 Å². The summed E-state index contributed by atoms with van der Waals surface area (Å²) in [5.74, 6) is -0.220. The Labute approximate surface area is 171 Å². The highest BCUT2D eigenvalue weighted by atomic mass is 19.1. The van der Waals surface area contributed by atoms with Gasteiger partial charge in [-0.15, -0.1) is 6.58 Å². The summed E-state index contributed by atoms with van der Waals surface area (Å²) in [5.41, 5.74) is 11.3. The SMILES string of the molecule is C=CCCc1ccc2cc(-c3ccc(-c4ccc(CN)cc4)c(F)c3)ccc2c1. The molecule has 144 valence electrons. The van der Waals surface area contributed by atoms with E-state index in [4.69, 9.17) is 5.73 Å². The molecule has 0 radical (unpaired) electrons. The van der Waals surface area contributed by atoms with Crippen LogP contribution in [0.15, 0.2) is 91.5 Å². The summed E-state index contributed by atoms with van der Waals surface area (Å²) in [7, 11) is 0. The van der Waals surface area contributed by atoms with Crippen molar-refractivity contribution in [1.82, 2.24) is 0 Å². The summed E-state index contributed by atoms with van der Waals surface area (Å²) in [5, 5.41) is 2.36. The van der Waals surface area contributed by atoms with Crippen LogP contribution in [-0.4, -0.2) is 0 Å². The maximum Gasteiger partial charge on any atom is 0.131 e. The number of halogens is 1. The highest BCUT2D eigenvalue weighted by molar-refractivity contribution is 5.88. The number of aryl methyl sites for hydroxylation is 1. The van der Waals surface area contributed by atoms with E-state index in [0.29, 0.717) is 12.1 Å². The predicted molar refractivity (Wildman–Crippen MR) is 121 cm³/mol. The van der Waals surface area contributed by atoms with Crippen LogP contribution in [-0.2, 0) is 13.0 Å². The zero-order valence-corrected chi connectivity index (χ0v) is 16.4. The zero-order valence-electron chi connectivity index (χ0n) is 16.4. The van der Waals surface area contributed by atoms with E-state index in [1.54, 1.807) is 6.07 Å². The van der Waals surface area contributed by atoms with Gasteiger partial charge >= 0.3 is 0 Å². The van der Waals surface area contributed by atoms with Crippen LogP contribution >= 0.6 is 0 Å². The topological polar surface area (TPSA) is 26.0 Å². The van der Waals surface area contributed by atoms with Crippen molar-refractivity contribution in [3.8, 4) is 22.3 Å². The van der Waals surface area contributed by atoms with Crippen LogP contribution in [0.3, 0.4) is 0 Å². The molecule has 4 aromatic rings. The molecule has 4 rings (SSSR count). The fourth-order valence-electron chi connectivity index (χ4n) is 3.65. The van der Waals surface area contributed by atoms with Gasteiger partial charge < -0.3 is 5.73 Å². The quantitative estimate of drug-likeness (QED) is 0.362. The predicted octanol–water partition coefficient (Wildman–Crippen LogP) is 6.89. The van der Waals surface area contributed by atoms with Crippen LogP contribution in [0.5, 0.6) is 0 Å². The molecule has 0 heterocycles. The molecule has 1 nitrogen and oxygen atoms in total. The van der Waals surface area contributed by atoms with Crippen molar-refractivity contribution in [1.29, 1.82) is 0 Å². The zero-order chi connectivity index (χ0) is 20.2. The maximum atomic E-state index is 14.9. The van der Waals surface area contributed by atoms with Crippen LogP contribution in [0, 0.1) is 5.82 Å². The fourth-order valence-corrected chi connectivity index (χ4v) is 3.65. The van der Waals surface area contributed by atoms with Gasteiger partial charge in [-0.2, -0.15) is 0 Å². The molecule has 2 heteroatoms. The van der Waals surface area contributed by atoms with E-state index in [0.717, 1.165) is 40.5 Å². The summed E-state index contributed by atoms with van der Waals surface area (Å²) in [4.78, 5) is 0. The second kappa shape index (κ2) is 8.42. The Morgan fingerprint density at radius 3 is 2.07 bits per heavy atom. The third kappa shape index (κ3) is 4.13. The lowest BCUT2D eigenvalue weighted by atomic mass is 9.96. The Morgan fingerprint density at radius 1 is 0.724 bits per heavy atom. The fraction of sp³-hybridized carbons (Fsp3) is 0.111. The standard InChI is InChI=1S/C27H24FN/c1-2-3-4-19-5-10-23-16-24(12-11-22(23)15-19)25-13-14-26(27(28)17-25)21-8-6-20(18-29)7-9-21/h2,5-17H,1,3-4,18,29H2. The molecule has 0 saturated heterocycles. The van der Waals surface area contributed by atoms with Gasteiger partial charge in [-0.1, -0.05) is 72.8 Å². The first-order chi connectivity index (χ1) is 14.2. The van der Waals surface area contributed by atoms with E-state index in [-0.39, 0.29) is 5.82 Å². The number of benzene rings is 4. The van der Waals surface area contributed by atoms with Gasteiger partial charge in [0.1, 0.15) is 5.82 Å². The van der Waals surface area contributed by atoms with Crippen LogP contribution in [0.4, 0.5) is 4.39 Å². The van der Waals surface area contributed by atoms with E-state index < -0.39 is 0 Å². The first-order valence-electron chi connectivity index (χ1n) is 9.91. The third-order valence-electron chi connectivity index (χ3n) is 5.34. The Bertz CT molecular complexity index is 1160. The van der Waals surface area contributed by atoms with Crippen LogP contribution in [0.1, 0.15) is 17.5 Å². The molecule has 0 aliphatic heterocycles. The molecule has 29 heavy (non-hydrogen) atoms. The van der Waals surface area contributed by atoms with Gasteiger partial charge in [-0.3, -0.25) is 0 Å². The van der Waals surface area contributed by atoms with Crippen molar-refractivity contribution in [2.24, 2.45) is 5.73 Å². The van der Waals surface area contributed by atoms with E-state index >= 15 is 0 Å². The monoisotopic (exact) mass is 381 g/mol. The molecule has 0 saturated carbocycles. The van der Waals surface area contributed by atoms with Crippen LogP contribution in [0.2, 0.25) is 0 Å². The van der Waals surface area contributed by atoms with E-state index in [1.165, 1.54) is 10.9 Å². The average molecular weight is 381 g/mol. The Balaban J connectivity index is 1.64. The second-order valence-electron chi connectivity index (χ2n) is 7.32. The normalized spacial score (nSPS) is 11.0. The van der Waals surface area contributed by atoms with Gasteiger partial charge in [0.05, 0.1) is 0 Å². The molecule has 0 spiro atoms. The Kier molecular flexibility index (Phi) is 5.55. The lowest BCUT2D eigenvalue weighted by molar-refractivity contribution is 0.632. The molecule has 0 amide bonds. The summed E-state index contributed by atoms with van der Waals surface area (Å²) in [6.07, 6.45) is 3.92. The van der Waals surface area contributed by atoms with E-state index in [1.807, 2.05) is 42.5 Å². The van der Waals surface area contributed by atoms with Gasteiger partial charge in [0.15, 0.2) is 0 Å². The number of nitrogens with two attached hydrogens (primary N) is 1. The van der Waals surface area contributed by atoms with Crippen molar-refractivity contribution in [3.05, 3.63) is 108 Å². The molecule has 0 aliphatic carbocycles. The summed E-state index contributed by atoms with van der Waals surface area (Å²) >= 11 is 0. The number of hydrogen-bond acceptors (Lipinski definition) is 1. The maximum absolute atomic E-state index is 14.9. The minimum atomic E-state index is -0.220. The minimum absolute atomic E-state index is 0.220. The van der Waals surface area contributed by atoms with Gasteiger partial charge in [0.25, 0.3) is 0 Å². The number of allylic oxidation sites excluding steroid dienone is 1. The first kappa shape index (κ1) is 19.1. The lowest BCUT2D eigenvalue weighted by Gasteiger charge is -2.09. The van der Waals surface area contributed by atoms with Crippen LogP contribution < -0.4 is 5.73 Å². The van der Waals surface area contributed by atoms with Gasteiger partial charge in [-0.25, -0.2) is 4.39 Å². The van der Waals surface area contributed by atoms with E-state index in [9.17, 15) is 4.39 Å². The largest absolute Gasteiger partial charge is 0.326 e. The summed E-state index contributed by atoms with van der Waals surface area (Å²) in [6.45, 7) is 4.27. The summed E-state index contributed by atoms with van der Waals surface area (Å²) < 4.78 is 14.9. The molecule has 0 unspecified atom stereocenters. The highest BCUT2D eigenvalue weighted by Gasteiger charge is 2.08.